The highest BCUT2D eigenvalue weighted by atomic mass is 35.5. The number of ether oxygens (including phenoxy) is 2. The van der Waals surface area contributed by atoms with Crippen LogP contribution in [-0.2, 0) is 30.3 Å². The van der Waals surface area contributed by atoms with Crippen molar-refractivity contribution in [1.29, 1.82) is 0 Å². The predicted octanol–water partition coefficient (Wildman–Crippen LogP) is 2.19. The molecule has 1 rings (SSSR count). The molecule has 132 valence electrons. The van der Waals surface area contributed by atoms with Gasteiger partial charge in [-0.25, -0.2) is 9.59 Å². The summed E-state index contributed by atoms with van der Waals surface area (Å²) in [5.74, 6) is -2.31. The van der Waals surface area contributed by atoms with Crippen molar-refractivity contribution in [2.24, 2.45) is 0 Å². The van der Waals surface area contributed by atoms with Crippen molar-refractivity contribution in [3.63, 3.8) is 0 Å². The van der Waals surface area contributed by atoms with E-state index in [1.165, 1.54) is 6.92 Å². The maximum absolute atomic E-state index is 12.5. The third-order valence-electron chi connectivity index (χ3n) is 3.30. The molecule has 0 bridgehead atoms. The zero-order valence-corrected chi connectivity index (χ0v) is 15.0. The molecule has 0 spiro atoms. The first kappa shape index (κ1) is 20.0. The van der Waals surface area contributed by atoms with Gasteiger partial charge in [-0.3, -0.25) is 4.79 Å². The average molecular weight is 356 g/mol. The lowest BCUT2D eigenvalue weighted by atomic mass is 9.90. The van der Waals surface area contributed by atoms with E-state index in [1.54, 1.807) is 32.0 Å². The van der Waals surface area contributed by atoms with Crippen LogP contribution in [0.25, 0.3) is 0 Å². The third-order valence-corrected chi connectivity index (χ3v) is 3.65. The van der Waals surface area contributed by atoms with Crippen LogP contribution in [0.5, 0.6) is 0 Å². The summed E-state index contributed by atoms with van der Waals surface area (Å²) >= 11 is 6.22. The van der Waals surface area contributed by atoms with E-state index in [1.807, 2.05) is 6.92 Å². The Morgan fingerprint density at radius 2 is 1.67 bits per heavy atom. The Labute approximate surface area is 146 Å². The standard InChI is InChI=1S/C17H22ClNO5/c1-5-23-15(21)17(19-12(4)20,16(22)24-6-2)10-13-8-7-11(3)9-14(13)18/h7-9H,5-6,10H2,1-4H3,(H,19,20). The minimum absolute atomic E-state index is 0.0567. The number of esters is 2. The molecule has 0 saturated heterocycles. The van der Waals surface area contributed by atoms with Gasteiger partial charge in [0.2, 0.25) is 11.4 Å². The number of halogens is 1. The highest BCUT2D eigenvalue weighted by molar-refractivity contribution is 6.31. The van der Waals surface area contributed by atoms with Gasteiger partial charge in [0, 0.05) is 18.4 Å². The first-order chi connectivity index (χ1) is 11.3. The van der Waals surface area contributed by atoms with Gasteiger partial charge < -0.3 is 14.8 Å². The summed E-state index contributed by atoms with van der Waals surface area (Å²) in [4.78, 5) is 36.7. The third kappa shape index (κ3) is 4.71. The molecule has 0 saturated carbocycles. The molecule has 1 amide bonds. The molecule has 6 nitrogen and oxygen atoms in total. The van der Waals surface area contributed by atoms with E-state index in [0.29, 0.717) is 10.6 Å². The SMILES string of the molecule is CCOC(=O)C(Cc1ccc(C)cc1Cl)(NC(C)=O)C(=O)OCC. The molecular formula is C17H22ClNO5. The van der Waals surface area contributed by atoms with Gasteiger partial charge in [0.1, 0.15) is 0 Å². The topological polar surface area (TPSA) is 81.7 Å². The fraction of sp³-hybridized carbons (Fsp3) is 0.471. The van der Waals surface area contributed by atoms with E-state index >= 15 is 0 Å². The Balaban J connectivity index is 3.38. The lowest BCUT2D eigenvalue weighted by molar-refractivity contribution is -0.168. The van der Waals surface area contributed by atoms with Crippen molar-refractivity contribution in [2.45, 2.75) is 39.7 Å². The molecular weight excluding hydrogens is 334 g/mol. The maximum atomic E-state index is 12.5. The van der Waals surface area contributed by atoms with Gasteiger partial charge in [-0.2, -0.15) is 0 Å². The fourth-order valence-electron chi connectivity index (χ4n) is 2.26. The molecule has 0 radical (unpaired) electrons. The Morgan fingerprint density at radius 1 is 1.12 bits per heavy atom. The van der Waals surface area contributed by atoms with Crippen LogP contribution in [0.3, 0.4) is 0 Å². The second kappa shape index (κ2) is 8.68. The van der Waals surface area contributed by atoms with Crippen LogP contribution in [0.4, 0.5) is 0 Å². The highest BCUT2D eigenvalue weighted by Gasteiger charge is 2.50. The van der Waals surface area contributed by atoms with Gasteiger partial charge in [0.15, 0.2) is 0 Å². The quantitative estimate of drug-likeness (QED) is 0.599. The predicted molar refractivity (Wildman–Crippen MR) is 89.7 cm³/mol. The van der Waals surface area contributed by atoms with Crippen LogP contribution in [0, 0.1) is 6.92 Å². The molecule has 1 N–H and O–H groups in total. The largest absolute Gasteiger partial charge is 0.464 e. The normalized spacial score (nSPS) is 10.9. The number of carbonyl (C=O) groups excluding carboxylic acids is 3. The molecule has 0 fully saturated rings. The van der Waals surface area contributed by atoms with E-state index in [2.05, 4.69) is 5.32 Å². The number of amides is 1. The van der Waals surface area contributed by atoms with E-state index in [4.69, 9.17) is 21.1 Å². The van der Waals surface area contributed by atoms with Gasteiger partial charge in [0.05, 0.1) is 13.2 Å². The van der Waals surface area contributed by atoms with E-state index in [0.717, 1.165) is 5.56 Å². The van der Waals surface area contributed by atoms with Crippen molar-refractivity contribution < 1.29 is 23.9 Å². The number of nitrogens with one attached hydrogen (secondary N) is 1. The van der Waals surface area contributed by atoms with Crippen LogP contribution >= 0.6 is 11.6 Å². The van der Waals surface area contributed by atoms with Crippen molar-refractivity contribution in [3.8, 4) is 0 Å². The summed E-state index contributed by atoms with van der Waals surface area (Å²) in [5.41, 5.74) is -0.519. The molecule has 24 heavy (non-hydrogen) atoms. The number of hydrogen-bond acceptors (Lipinski definition) is 5. The minimum atomic E-state index is -1.98. The second-order valence-electron chi connectivity index (χ2n) is 5.30. The summed E-state index contributed by atoms with van der Waals surface area (Å²) in [7, 11) is 0. The van der Waals surface area contributed by atoms with Crippen molar-refractivity contribution in [3.05, 3.63) is 34.3 Å². The van der Waals surface area contributed by atoms with Crippen molar-refractivity contribution in [1.82, 2.24) is 5.32 Å². The number of rotatable bonds is 7. The molecule has 0 unspecified atom stereocenters. The van der Waals surface area contributed by atoms with Crippen LogP contribution in [0.15, 0.2) is 18.2 Å². The summed E-state index contributed by atoms with van der Waals surface area (Å²) in [5, 5.41) is 2.79. The highest BCUT2D eigenvalue weighted by Crippen LogP contribution is 2.25. The van der Waals surface area contributed by atoms with Gasteiger partial charge in [-0.1, -0.05) is 23.7 Å². The summed E-state index contributed by atoms with van der Waals surface area (Å²) in [6.07, 6.45) is -0.163. The summed E-state index contributed by atoms with van der Waals surface area (Å²) in [6, 6.07) is 5.22. The Bertz CT molecular complexity index is 611. The number of aryl methyl sites for hydroxylation is 1. The lowest BCUT2D eigenvalue weighted by Crippen LogP contribution is -2.62. The first-order valence-electron chi connectivity index (χ1n) is 7.65. The number of carbonyl (C=O) groups is 3. The molecule has 0 atom stereocenters. The van der Waals surface area contributed by atoms with Gasteiger partial charge in [-0.15, -0.1) is 0 Å². The van der Waals surface area contributed by atoms with E-state index < -0.39 is 23.4 Å². The van der Waals surface area contributed by atoms with Gasteiger partial charge >= 0.3 is 11.9 Å². The van der Waals surface area contributed by atoms with E-state index in [9.17, 15) is 14.4 Å². The zero-order chi connectivity index (χ0) is 18.3. The van der Waals surface area contributed by atoms with Crippen LogP contribution in [0.2, 0.25) is 5.02 Å². The van der Waals surface area contributed by atoms with Gasteiger partial charge in [-0.05, 0) is 38.0 Å². The molecule has 0 heterocycles. The van der Waals surface area contributed by atoms with Crippen LogP contribution in [-0.4, -0.2) is 36.6 Å². The molecule has 1 aromatic carbocycles. The first-order valence-corrected chi connectivity index (χ1v) is 8.02. The lowest BCUT2D eigenvalue weighted by Gasteiger charge is -2.30. The molecule has 1 aromatic rings. The van der Waals surface area contributed by atoms with Crippen molar-refractivity contribution >= 4 is 29.4 Å². The molecule has 7 heteroatoms. The molecule has 0 aliphatic carbocycles. The van der Waals surface area contributed by atoms with Crippen LogP contribution in [0.1, 0.15) is 31.9 Å². The summed E-state index contributed by atoms with van der Waals surface area (Å²) < 4.78 is 10.0. The Kier molecular flexibility index (Phi) is 7.22. The minimum Gasteiger partial charge on any atom is -0.464 e. The molecule has 0 aliphatic heterocycles. The number of benzene rings is 1. The van der Waals surface area contributed by atoms with Gasteiger partial charge in [0.25, 0.3) is 0 Å². The smallest absolute Gasteiger partial charge is 0.344 e. The molecule has 0 aromatic heterocycles. The van der Waals surface area contributed by atoms with Crippen LogP contribution < -0.4 is 5.32 Å². The zero-order valence-electron chi connectivity index (χ0n) is 14.3. The average Bonchev–Trinajstić information content (AvgIpc) is 2.49. The monoisotopic (exact) mass is 355 g/mol. The fourth-order valence-corrected chi connectivity index (χ4v) is 2.57. The maximum Gasteiger partial charge on any atom is 0.344 e. The Hall–Kier alpha value is -2.08. The number of hydrogen-bond donors (Lipinski definition) is 1. The second-order valence-corrected chi connectivity index (χ2v) is 5.71. The van der Waals surface area contributed by atoms with Crippen molar-refractivity contribution in [2.75, 3.05) is 13.2 Å². The van der Waals surface area contributed by atoms with E-state index in [-0.39, 0.29) is 19.6 Å². The molecule has 0 aliphatic rings. The summed E-state index contributed by atoms with van der Waals surface area (Å²) in [6.45, 7) is 6.42. The Morgan fingerprint density at radius 3 is 2.08 bits per heavy atom.